The van der Waals surface area contributed by atoms with Crippen molar-refractivity contribution in [2.45, 2.75) is 45.1 Å². The van der Waals surface area contributed by atoms with Crippen molar-refractivity contribution in [1.82, 2.24) is 5.32 Å². The van der Waals surface area contributed by atoms with E-state index in [4.69, 9.17) is 14.2 Å². The van der Waals surface area contributed by atoms with E-state index in [9.17, 15) is 0 Å². The topological polar surface area (TPSA) is 39.7 Å². The summed E-state index contributed by atoms with van der Waals surface area (Å²) in [7, 11) is 1.72. The van der Waals surface area contributed by atoms with Crippen molar-refractivity contribution in [3.05, 3.63) is 0 Å². The Morgan fingerprint density at radius 1 is 1.25 bits per heavy atom. The van der Waals surface area contributed by atoms with Crippen LogP contribution in [0.3, 0.4) is 0 Å². The molecule has 4 nitrogen and oxygen atoms in total. The van der Waals surface area contributed by atoms with Gasteiger partial charge in [0.1, 0.15) is 0 Å². The van der Waals surface area contributed by atoms with Gasteiger partial charge in [0.2, 0.25) is 0 Å². The van der Waals surface area contributed by atoms with Gasteiger partial charge in [-0.05, 0) is 44.6 Å². The van der Waals surface area contributed by atoms with Gasteiger partial charge in [-0.3, -0.25) is 0 Å². The highest BCUT2D eigenvalue weighted by Gasteiger charge is 2.50. The molecule has 0 spiro atoms. The van der Waals surface area contributed by atoms with Gasteiger partial charge in [-0.25, -0.2) is 0 Å². The quantitative estimate of drug-likeness (QED) is 0.591. The third-order valence-corrected chi connectivity index (χ3v) is 4.63. The summed E-state index contributed by atoms with van der Waals surface area (Å²) in [6.45, 7) is 7.53. The summed E-state index contributed by atoms with van der Waals surface area (Å²) in [6, 6.07) is 0. The minimum Gasteiger partial charge on any atom is -0.382 e. The first-order valence-corrected chi connectivity index (χ1v) is 8.21. The molecular weight excluding hydrogens is 254 g/mol. The molecule has 1 saturated carbocycles. The number of rotatable bonds is 11. The Labute approximate surface area is 123 Å². The van der Waals surface area contributed by atoms with Gasteiger partial charge in [0.15, 0.2) is 0 Å². The molecule has 1 saturated heterocycles. The summed E-state index contributed by atoms with van der Waals surface area (Å²) in [5.74, 6) is 0.805. The second-order valence-corrected chi connectivity index (χ2v) is 6.27. The van der Waals surface area contributed by atoms with Gasteiger partial charge in [0.25, 0.3) is 0 Å². The van der Waals surface area contributed by atoms with Crippen LogP contribution >= 0.6 is 0 Å². The third kappa shape index (κ3) is 4.42. The summed E-state index contributed by atoms with van der Waals surface area (Å²) in [5, 5.41) is 3.62. The smallest absolute Gasteiger partial charge is 0.0700 e. The Kier molecular flexibility index (Phi) is 6.75. The standard InChI is InChI=1S/C16H31NO3/c1-3-8-17-13-16(6-9-19-12-11-18-2)7-10-20-15(16)14-4-5-14/h14-15,17H,3-13H2,1-2H3. The summed E-state index contributed by atoms with van der Waals surface area (Å²) in [4.78, 5) is 0. The SMILES string of the molecule is CCCNCC1(CCOCCOC)CCOC1C1CC1. The lowest BCUT2D eigenvalue weighted by Gasteiger charge is -2.34. The van der Waals surface area contributed by atoms with Gasteiger partial charge in [-0.15, -0.1) is 0 Å². The lowest BCUT2D eigenvalue weighted by atomic mass is 9.76. The zero-order valence-corrected chi connectivity index (χ0v) is 13.2. The zero-order valence-electron chi connectivity index (χ0n) is 13.2. The molecule has 1 aliphatic heterocycles. The number of methoxy groups -OCH3 is 1. The summed E-state index contributed by atoms with van der Waals surface area (Å²) in [5.41, 5.74) is 0.295. The van der Waals surface area contributed by atoms with Crippen molar-refractivity contribution in [3.63, 3.8) is 0 Å². The molecule has 2 unspecified atom stereocenters. The van der Waals surface area contributed by atoms with Crippen LogP contribution in [-0.4, -0.2) is 52.7 Å². The van der Waals surface area contributed by atoms with Crippen LogP contribution in [0.4, 0.5) is 0 Å². The fourth-order valence-electron chi connectivity index (χ4n) is 3.32. The average molecular weight is 285 g/mol. The molecule has 0 aromatic carbocycles. The molecule has 0 amide bonds. The summed E-state index contributed by atoms with van der Waals surface area (Å²) in [6.07, 6.45) is 6.63. The van der Waals surface area contributed by atoms with Crippen molar-refractivity contribution in [2.24, 2.45) is 11.3 Å². The maximum atomic E-state index is 6.08. The van der Waals surface area contributed by atoms with E-state index in [1.54, 1.807) is 7.11 Å². The summed E-state index contributed by atoms with van der Waals surface area (Å²) < 4.78 is 16.8. The largest absolute Gasteiger partial charge is 0.382 e. The molecule has 0 aromatic heterocycles. The molecule has 118 valence electrons. The lowest BCUT2D eigenvalue weighted by molar-refractivity contribution is 0.00204. The molecule has 1 heterocycles. The Morgan fingerprint density at radius 3 is 2.80 bits per heavy atom. The molecule has 2 rings (SSSR count). The zero-order chi connectivity index (χ0) is 14.3. The second kappa shape index (κ2) is 8.32. The molecule has 2 atom stereocenters. The maximum absolute atomic E-state index is 6.08. The van der Waals surface area contributed by atoms with Crippen molar-refractivity contribution < 1.29 is 14.2 Å². The first-order chi connectivity index (χ1) is 9.82. The lowest BCUT2D eigenvalue weighted by Crippen LogP contribution is -2.43. The molecule has 2 aliphatic rings. The van der Waals surface area contributed by atoms with E-state index in [-0.39, 0.29) is 0 Å². The van der Waals surface area contributed by atoms with Crippen LogP contribution < -0.4 is 5.32 Å². The van der Waals surface area contributed by atoms with Crippen LogP contribution in [0, 0.1) is 11.3 Å². The molecule has 2 fully saturated rings. The predicted octanol–water partition coefficient (Wildman–Crippen LogP) is 2.22. The fraction of sp³-hybridized carbons (Fsp3) is 1.00. The van der Waals surface area contributed by atoms with Crippen LogP contribution in [0.15, 0.2) is 0 Å². The Balaban J connectivity index is 1.82. The van der Waals surface area contributed by atoms with Gasteiger partial charge in [0.05, 0.1) is 19.3 Å². The minimum atomic E-state index is 0.295. The molecule has 4 heteroatoms. The van der Waals surface area contributed by atoms with E-state index < -0.39 is 0 Å². The van der Waals surface area contributed by atoms with Gasteiger partial charge in [-0.2, -0.15) is 0 Å². The van der Waals surface area contributed by atoms with Crippen LogP contribution in [0.2, 0.25) is 0 Å². The molecule has 20 heavy (non-hydrogen) atoms. The highest BCUT2D eigenvalue weighted by Crippen LogP contribution is 2.49. The Morgan fingerprint density at radius 2 is 2.10 bits per heavy atom. The van der Waals surface area contributed by atoms with Crippen LogP contribution in [0.1, 0.15) is 39.0 Å². The number of hydrogen-bond donors (Lipinski definition) is 1. The first kappa shape index (κ1) is 16.2. The second-order valence-electron chi connectivity index (χ2n) is 6.27. The van der Waals surface area contributed by atoms with Gasteiger partial charge < -0.3 is 19.5 Å². The van der Waals surface area contributed by atoms with Gasteiger partial charge in [-0.1, -0.05) is 6.92 Å². The monoisotopic (exact) mass is 285 g/mol. The third-order valence-electron chi connectivity index (χ3n) is 4.63. The number of nitrogens with one attached hydrogen (secondary N) is 1. The molecule has 0 bridgehead atoms. The molecule has 1 aliphatic carbocycles. The van der Waals surface area contributed by atoms with Crippen LogP contribution in [-0.2, 0) is 14.2 Å². The van der Waals surface area contributed by atoms with Gasteiger partial charge in [0, 0.05) is 32.3 Å². The van der Waals surface area contributed by atoms with E-state index in [2.05, 4.69) is 12.2 Å². The minimum absolute atomic E-state index is 0.295. The van der Waals surface area contributed by atoms with Gasteiger partial charge >= 0.3 is 0 Å². The molecular formula is C16H31NO3. The number of hydrogen-bond acceptors (Lipinski definition) is 4. The molecule has 1 N–H and O–H groups in total. The first-order valence-electron chi connectivity index (χ1n) is 8.21. The van der Waals surface area contributed by atoms with E-state index in [0.717, 1.165) is 38.6 Å². The fourth-order valence-corrected chi connectivity index (χ4v) is 3.32. The van der Waals surface area contributed by atoms with E-state index >= 15 is 0 Å². The van der Waals surface area contributed by atoms with Crippen molar-refractivity contribution >= 4 is 0 Å². The highest BCUT2D eigenvalue weighted by atomic mass is 16.5. The van der Waals surface area contributed by atoms with Crippen molar-refractivity contribution in [3.8, 4) is 0 Å². The van der Waals surface area contributed by atoms with E-state index in [1.807, 2.05) is 0 Å². The Bertz CT molecular complexity index is 270. The van der Waals surface area contributed by atoms with Crippen LogP contribution in [0.5, 0.6) is 0 Å². The van der Waals surface area contributed by atoms with E-state index in [0.29, 0.717) is 24.7 Å². The molecule has 0 radical (unpaired) electrons. The molecule has 0 aromatic rings. The maximum Gasteiger partial charge on any atom is 0.0700 e. The normalized spacial score (nSPS) is 30.0. The van der Waals surface area contributed by atoms with Crippen LogP contribution in [0.25, 0.3) is 0 Å². The highest BCUT2D eigenvalue weighted by molar-refractivity contribution is 5.00. The number of ether oxygens (including phenoxy) is 3. The van der Waals surface area contributed by atoms with Crippen molar-refractivity contribution in [1.29, 1.82) is 0 Å². The average Bonchev–Trinajstić information content (AvgIpc) is 3.21. The predicted molar refractivity (Wildman–Crippen MR) is 80.0 cm³/mol. The Hall–Kier alpha value is -0.160. The van der Waals surface area contributed by atoms with Crippen molar-refractivity contribution in [2.75, 3.05) is 46.6 Å². The summed E-state index contributed by atoms with van der Waals surface area (Å²) >= 11 is 0. The van der Waals surface area contributed by atoms with E-state index in [1.165, 1.54) is 25.7 Å².